The zero-order valence-electron chi connectivity index (χ0n) is 28.2. The SMILES string of the molecule is CC(C)C1=Cc2c(-c3ccc(C(F)(F)F)cc3)cccc2[CH]1[Ti+2]1([CH]2C(C(C)C)=Cc3c(-c4ccc(C(F)(F)F)cc4)cccc32)[CH2]C[CH2]1.[Cl-].[Cl-]. The van der Waals surface area contributed by atoms with E-state index in [4.69, 9.17) is 0 Å². The number of benzene rings is 4. The molecule has 1 heterocycles. The van der Waals surface area contributed by atoms with E-state index in [0.29, 0.717) is 20.3 Å². The second-order valence-corrected chi connectivity index (χ2v) is 21.5. The van der Waals surface area contributed by atoms with E-state index < -0.39 is 40.1 Å². The molecular weight excluding hydrogens is 725 g/mol. The molecule has 0 saturated carbocycles. The van der Waals surface area contributed by atoms with E-state index in [9.17, 15) is 26.3 Å². The van der Waals surface area contributed by atoms with Crippen molar-refractivity contribution in [2.75, 3.05) is 0 Å². The van der Waals surface area contributed by atoms with Gasteiger partial charge in [-0.25, -0.2) is 0 Å². The largest absolute Gasteiger partial charge is 1.00 e. The van der Waals surface area contributed by atoms with Crippen molar-refractivity contribution in [3.63, 3.8) is 0 Å². The molecule has 262 valence electrons. The molecular formula is C41H38Cl2F6Ti. The van der Waals surface area contributed by atoms with E-state index in [2.05, 4.69) is 64.1 Å². The van der Waals surface area contributed by atoms with E-state index in [-0.39, 0.29) is 24.8 Å². The Hall–Kier alpha value is -2.77. The topological polar surface area (TPSA) is 0 Å². The van der Waals surface area contributed by atoms with E-state index in [0.717, 1.165) is 33.4 Å². The molecule has 0 radical (unpaired) electrons. The number of fused-ring (bicyclic) bond motifs is 2. The number of hydrogen-bond acceptors (Lipinski definition) is 0. The predicted octanol–water partition coefficient (Wildman–Crippen LogP) is 7.35. The number of hydrogen-bond donors (Lipinski definition) is 0. The first-order chi connectivity index (χ1) is 22.7. The van der Waals surface area contributed by atoms with Crippen LogP contribution < -0.4 is 24.8 Å². The van der Waals surface area contributed by atoms with E-state index >= 15 is 0 Å². The molecule has 3 aliphatic rings. The summed E-state index contributed by atoms with van der Waals surface area (Å²) in [6, 6.07) is 23.7. The van der Waals surface area contributed by atoms with E-state index in [1.165, 1.54) is 62.4 Å². The van der Waals surface area contributed by atoms with Crippen LogP contribution in [0, 0.1) is 11.8 Å². The van der Waals surface area contributed by atoms with Crippen molar-refractivity contribution in [1.29, 1.82) is 0 Å². The molecule has 0 bridgehead atoms. The molecule has 0 amide bonds. The van der Waals surface area contributed by atoms with Crippen molar-refractivity contribution < 1.29 is 67.7 Å². The summed E-state index contributed by atoms with van der Waals surface area (Å²) in [5, 5.41) is 0. The Kier molecular flexibility index (Phi) is 10.8. The van der Waals surface area contributed by atoms with Gasteiger partial charge in [0, 0.05) is 0 Å². The summed E-state index contributed by atoms with van der Waals surface area (Å²) >= 11 is -2.90. The molecule has 2 aliphatic carbocycles. The quantitative estimate of drug-likeness (QED) is 0.143. The fourth-order valence-corrected chi connectivity index (χ4v) is 18.9. The average molecular weight is 764 g/mol. The molecule has 9 heteroatoms. The third-order valence-electron chi connectivity index (χ3n) is 11.0. The summed E-state index contributed by atoms with van der Waals surface area (Å²) in [4.78, 5) is 0. The predicted molar refractivity (Wildman–Crippen MR) is 179 cm³/mol. The van der Waals surface area contributed by atoms with Crippen molar-refractivity contribution in [3.05, 3.63) is 129 Å². The third kappa shape index (κ3) is 6.44. The monoisotopic (exact) mass is 762 g/mol. The van der Waals surface area contributed by atoms with E-state index in [1.807, 2.05) is 12.1 Å². The van der Waals surface area contributed by atoms with Crippen molar-refractivity contribution in [1.82, 2.24) is 0 Å². The Bertz CT molecular complexity index is 1800. The van der Waals surface area contributed by atoms with Gasteiger partial charge < -0.3 is 24.8 Å². The van der Waals surface area contributed by atoms with Gasteiger partial charge in [0.25, 0.3) is 0 Å². The second kappa shape index (κ2) is 14.0. The van der Waals surface area contributed by atoms with Crippen LogP contribution in [0.25, 0.3) is 34.4 Å². The van der Waals surface area contributed by atoms with Gasteiger partial charge in [-0.2, -0.15) is 0 Å². The van der Waals surface area contributed by atoms with Gasteiger partial charge in [0.2, 0.25) is 0 Å². The van der Waals surface area contributed by atoms with Gasteiger partial charge in [-0.15, -0.1) is 0 Å². The molecule has 1 saturated heterocycles. The van der Waals surface area contributed by atoms with Crippen LogP contribution >= 0.6 is 0 Å². The number of rotatable bonds is 6. The smallest absolute Gasteiger partial charge is 1.00 e. The zero-order chi connectivity index (χ0) is 34.2. The fraction of sp³-hybridized carbons (Fsp3) is 0.317. The maximum absolute atomic E-state index is 13.4. The molecule has 4 aromatic carbocycles. The summed E-state index contributed by atoms with van der Waals surface area (Å²) in [5.41, 5.74) is 9.95. The Labute approximate surface area is 306 Å². The maximum atomic E-state index is 13.4. The maximum Gasteiger partial charge on any atom is -1.00 e. The van der Waals surface area contributed by atoms with Crippen LogP contribution in [0.15, 0.2) is 96.1 Å². The van der Waals surface area contributed by atoms with Gasteiger partial charge >= 0.3 is 283 Å². The van der Waals surface area contributed by atoms with Crippen LogP contribution in [0.5, 0.6) is 0 Å². The van der Waals surface area contributed by atoms with Crippen molar-refractivity contribution in [3.8, 4) is 22.3 Å². The van der Waals surface area contributed by atoms with Crippen molar-refractivity contribution in [2.24, 2.45) is 11.8 Å². The Morgan fingerprint density at radius 1 is 0.540 bits per heavy atom. The van der Waals surface area contributed by atoms with Crippen molar-refractivity contribution >= 4 is 12.2 Å². The first-order valence-corrected chi connectivity index (χ1v) is 20.8. The Morgan fingerprint density at radius 3 is 1.18 bits per heavy atom. The second-order valence-electron chi connectivity index (χ2n) is 14.3. The standard InChI is InChI=1S/2C19H16F3.C3H6.2ClH.Ti/c2*1-12(2)15-10-14-4-3-5-17(18(14)11-15)13-6-8-16(9-7-13)19(20,21)22;1-3-2;;;/h2*3-12H,1-2H3;1-3H2;2*1H;/q;;;;;+2/p-2. The normalized spacial score (nSPS) is 18.6. The number of halogens is 8. The first-order valence-electron chi connectivity index (χ1n) is 16.7. The van der Waals surface area contributed by atoms with Gasteiger partial charge in [-0.1, -0.05) is 0 Å². The van der Waals surface area contributed by atoms with E-state index in [1.54, 1.807) is 24.3 Å². The molecule has 0 aromatic heterocycles. The minimum atomic E-state index is -4.39. The molecule has 0 spiro atoms. The van der Waals surface area contributed by atoms with Crippen LogP contribution in [-0.4, -0.2) is 0 Å². The molecule has 4 aromatic rings. The molecule has 7 rings (SSSR count). The average Bonchev–Trinajstić information content (AvgIpc) is 3.61. The molecule has 2 atom stereocenters. The van der Waals surface area contributed by atoms with Gasteiger partial charge in [-0.05, 0) is 0 Å². The Morgan fingerprint density at radius 2 is 0.900 bits per heavy atom. The molecule has 50 heavy (non-hydrogen) atoms. The summed E-state index contributed by atoms with van der Waals surface area (Å²) in [5.74, 6) is 0.605. The molecule has 0 nitrogen and oxygen atoms in total. The van der Waals surface area contributed by atoms with Crippen molar-refractivity contribution in [2.45, 2.75) is 64.4 Å². The van der Waals surface area contributed by atoms with Crippen LogP contribution in [0.3, 0.4) is 0 Å². The fourth-order valence-electron chi connectivity index (χ4n) is 8.64. The summed E-state index contributed by atoms with van der Waals surface area (Å²) in [7, 11) is 0. The molecule has 0 N–H and O–H groups in total. The first kappa shape index (κ1) is 38.5. The van der Waals surface area contributed by atoms with Crippen LogP contribution in [0.2, 0.25) is 9.45 Å². The van der Waals surface area contributed by atoms with Crippen LogP contribution in [-0.2, 0) is 28.9 Å². The van der Waals surface area contributed by atoms with Gasteiger partial charge in [0.15, 0.2) is 0 Å². The van der Waals surface area contributed by atoms with Gasteiger partial charge in [0.05, 0.1) is 0 Å². The zero-order valence-corrected chi connectivity index (χ0v) is 31.3. The summed E-state index contributed by atoms with van der Waals surface area (Å²) in [6.45, 7) is 9.01. The third-order valence-corrected chi connectivity index (χ3v) is 20.6. The molecule has 1 fully saturated rings. The molecule has 2 unspecified atom stereocenters. The minimum absolute atomic E-state index is 0. The minimum Gasteiger partial charge on any atom is -1.00 e. The summed E-state index contributed by atoms with van der Waals surface area (Å²) < 4.78 is 83.4. The number of allylic oxidation sites excluding steroid dienone is 2. The summed E-state index contributed by atoms with van der Waals surface area (Å²) in [6.07, 6.45) is -2.90. The number of alkyl halides is 6. The Balaban J connectivity index is 0.00000243. The van der Waals surface area contributed by atoms with Gasteiger partial charge in [0.1, 0.15) is 0 Å². The van der Waals surface area contributed by atoms with Crippen LogP contribution in [0.1, 0.15) is 75.9 Å². The molecule has 1 aliphatic heterocycles. The van der Waals surface area contributed by atoms with Gasteiger partial charge in [-0.3, -0.25) is 0 Å². The van der Waals surface area contributed by atoms with Crippen LogP contribution in [0.4, 0.5) is 26.3 Å².